The van der Waals surface area contributed by atoms with E-state index in [1.165, 1.54) is 11.3 Å². The lowest BCUT2D eigenvalue weighted by Crippen LogP contribution is -2.34. The van der Waals surface area contributed by atoms with Crippen molar-refractivity contribution in [3.05, 3.63) is 21.9 Å². The number of nitrogens with two attached hydrogens (primary N) is 1. The van der Waals surface area contributed by atoms with E-state index in [2.05, 4.69) is 18.8 Å². The van der Waals surface area contributed by atoms with E-state index in [0.717, 1.165) is 18.4 Å². The van der Waals surface area contributed by atoms with Gasteiger partial charge in [0.15, 0.2) is 0 Å². The second-order valence-corrected chi connectivity index (χ2v) is 4.95. The largest absolute Gasteiger partial charge is 0.395 e. The van der Waals surface area contributed by atoms with Crippen LogP contribution in [0, 0.1) is 11.8 Å². The highest BCUT2D eigenvalue weighted by molar-refractivity contribution is 7.12. The van der Waals surface area contributed by atoms with Crippen LogP contribution >= 0.6 is 11.3 Å². The topological polar surface area (TPSA) is 66.6 Å². The summed E-state index contributed by atoms with van der Waals surface area (Å²) in [5.41, 5.74) is 6.07. The van der Waals surface area contributed by atoms with E-state index in [1.807, 2.05) is 11.4 Å². The number of nitrogens with zero attached hydrogens (tertiary/aromatic N) is 1. The molecule has 1 aromatic heterocycles. The molecule has 0 unspecified atom stereocenters. The van der Waals surface area contributed by atoms with E-state index < -0.39 is 0 Å². The summed E-state index contributed by atoms with van der Waals surface area (Å²) < 4.78 is 0. The first-order chi connectivity index (χ1) is 9.24. The normalized spacial score (nSPS) is 9.84. The molecule has 104 valence electrons. The number of carbonyl (C=O) groups is 1. The molecule has 0 aliphatic rings. The van der Waals surface area contributed by atoms with Crippen molar-refractivity contribution in [1.29, 1.82) is 0 Å². The van der Waals surface area contributed by atoms with Crippen LogP contribution in [0.25, 0.3) is 0 Å². The third kappa shape index (κ3) is 4.67. The molecule has 0 fully saturated rings. The number of carbonyl (C=O) groups excluding carboxylic acids is 1. The maximum Gasteiger partial charge on any atom is 0.265 e. The van der Waals surface area contributed by atoms with Gasteiger partial charge in [-0.05, 0) is 17.9 Å². The van der Waals surface area contributed by atoms with E-state index in [-0.39, 0.29) is 19.1 Å². The van der Waals surface area contributed by atoms with E-state index in [0.29, 0.717) is 18.0 Å². The second kappa shape index (κ2) is 8.70. The third-order valence-corrected chi connectivity index (χ3v) is 3.53. The van der Waals surface area contributed by atoms with Crippen molar-refractivity contribution < 1.29 is 9.90 Å². The Morgan fingerprint density at radius 2 is 2.32 bits per heavy atom. The van der Waals surface area contributed by atoms with E-state index in [4.69, 9.17) is 10.8 Å². The van der Waals surface area contributed by atoms with Crippen molar-refractivity contribution in [2.24, 2.45) is 5.73 Å². The van der Waals surface area contributed by atoms with Gasteiger partial charge in [-0.1, -0.05) is 25.2 Å². The molecular formula is C14H20N2O2S. The van der Waals surface area contributed by atoms with Crippen LogP contribution in [0.5, 0.6) is 0 Å². The van der Waals surface area contributed by atoms with Crippen molar-refractivity contribution in [2.75, 3.05) is 26.2 Å². The molecule has 0 atom stereocenters. The van der Waals surface area contributed by atoms with Gasteiger partial charge in [0.25, 0.3) is 5.91 Å². The molecule has 1 rings (SSSR count). The molecule has 3 N–H and O–H groups in total. The van der Waals surface area contributed by atoms with Gasteiger partial charge in [-0.25, -0.2) is 0 Å². The molecule has 5 heteroatoms. The molecule has 4 nitrogen and oxygen atoms in total. The number of unbranched alkanes of at least 4 members (excludes halogenated alkanes) is 1. The van der Waals surface area contributed by atoms with Gasteiger partial charge in [-0.15, -0.1) is 11.3 Å². The molecule has 1 amide bonds. The molecular weight excluding hydrogens is 260 g/mol. The number of thiophene rings is 1. The Labute approximate surface area is 118 Å². The van der Waals surface area contributed by atoms with Gasteiger partial charge in [0.2, 0.25) is 0 Å². The predicted octanol–water partition coefficient (Wildman–Crippen LogP) is 1.29. The number of amides is 1. The number of hydrogen-bond donors (Lipinski definition) is 2. The fraction of sp³-hybridized carbons (Fsp3) is 0.500. The lowest BCUT2D eigenvalue weighted by Gasteiger charge is -2.21. The zero-order valence-electron chi connectivity index (χ0n) is 11.2. The first-order valence-corrected chi connectivity index (χ1v) is 7.29. The third-order valence-electron chi connectivity index (χ3n) is 2.62. The summed E-state index contributed by atoms with van der Waals surface area (Å²) in [7, 11) is 0. The van der Waals surface area contributed by atoms with Crippen molar-refractivity contribution in [2.45, 2.75) is 19.8 Å². The summed E-state index contributed by atoms with van der Waals surface area (Å²) in [5.74, 6) is 5.62. The maximum absolute atomic E-state index is 12.4. The quantitative estimate of drug-likeness (QED) is 0.772. The molecule has 0 aliphatic carbocycles. The Morgan fingerprint density at radius 3 is 2.95 bits per heavy atom. The first kappa shape index (κ1) is 15.7. The number of rotatable bonds is 6. The highest BCUT2D eigenvalue weighted by atomic mass is 32.1. The van der Waals surface area contributed by atoms with Crippen LogP contribution < -0.4 is 5.73 Å². The van der Waals surface area contributed by atoms with Crippen LogP contribution in [0.3, 0.4) is 0 Å². The average molecular weight is 280 g/mol. The van der Waals surface area contributed by atoms with Crippen LogP contribution in [-0.2, 0) is 0 Å². The lowest BCUT2D eigenvalue weighted by molar-refractivity contribution is 0.0724. The molecule has 0 aromatic carbocycles. The Bertz CT molecular complexity index is 460. The Kier molecular flexibility index (Phi) is 7.19. The van der Waals surface area contributed by atoms with E-state index in [9.17, 15) is 4.79 Å². The summed E-state index contributed by atoms with van der Waals surface area (Å²) in [5, 5.41) is 10.9. The fourth-order valence-corrected chi connectivity index (χ4v) is 2.46. The average Bonchev–Trinajstić information content (AvgIpc) is 2.88. The van der Waals surface area contributed by atoms with Crippen LogP contribution in [0.1, 0.15) is 35.0 Å². The monoisotopic (exact) mass is 280 g/mol. The Morgan fingerprint density at radius 1 is 1.53 bits per heavy atom. The summed E-state index contributed by atoms with van der Waals surface area (Å²) >= 11 is 1.38. The minimum Gasteiger partial charge on any atom is -0.395 e. The fourth-order valence-electron chi connectivity index (χ4n) is 1.65. The van der Waals surface area contributed by atoms with Crippen molar-refractivity contribution >= 4 is 17.2 Å². The molecule has 0 aliphatic heterocycles. The van der Waals surface area contributed by atoms with Crippen LogP contribution in [0.15, 0.2) is 11.4 Å². The van der Waals surface area contributed by atoms with Crippen molar-refractivity contribution in [3.8, 4) is 11.8 Å². The van der Waals surface area contributed by atoms with E-state index in [1.54, 1.807) is 4.90 Å². The second-order valence-electron chi connectivity index (χ2n) is 4.04. The number of aliphatic hydroxyl groups is 1. The molecule has 1 aromatic rings. The van der Waals surface area contributed by atoms with Gasteiger partial charge in [0, 0.05) is 18.7 Å². The SMILES string of the molecule is CCCCN(CCO)C(=O)c1sccc1C#CCN. The Hall–Kier alpha value is -1.35. The van der Waals surface area contributed by atoms with Gasteiger partial charge < -0.3 is 15.7 Å². The molecule has 1 heterocycles. The molecule has 0 saturated heterocycles. The number of hydrogen-bond acceptors (Lipinski definition) is 4. The van der Waals surface area contributed by atoms with Gasteiger partial charge in [-0.3, -0.25) is 4.79 Å². The molecule has 19 heavy (non-hydrogen) atoms. The minimum absolute atomic E-state index is 0.0232. The smallest absolute Gasteiger partial charge is 0.265 e. The van der Waals surface area contributed by atoms with Crippen molar-refractivity contribution in [1.82, 2.24) is 4.90 Å². The lowest BCUT2D eigenvalue weighted by atomic mass is 10.2. The van der Waals surface area contributed by atoms with Crippen LogP contribution in [-0.4, -0.2) is 42.2 Å². The number of aliphatic hydroxyl groups excluding tert-OH is 1. The first-order valence-electron chi connectivity index (χ1n) is 6.41. The molecule has 0 spiro atoms. The van der Waals surface area contributed by atoms with Gasteiger partial charge in [0.1, 0.15) is 4.88 Å². The highest BCUT2D eigenvalue weighted by Crippen LogP contribution is 2.18. The standard InChI is InChI=1S/C14H20N2O2S/c1-2-3-8-16(9-10-17)14(18)13-12(5-4-7-15)6-11-19-13/h6,11,17H,2-3,7-10,15H2,1H3. The maximum atomic E-state index is 12.4. The van der Waals surface area contributed by atoms with Crippen LogP contribution in [0.4, 0.5) is 0 Å². The molecule has 0 radical (unpaired) electrons. The predicted molar refractivity (Wildman–Crippen MR) is 78.1 cm³/mol. The molecule has 0 saturated carbocycles. The summed E-state index contributed by atoms with van der Waals surface area (Å²) in [4.78, 5) is 14.7. The Balaban J connectivity index is 2.86. The van der Waals surface area contributed by atoms with Gasteiger partial charge in [0.05, 0.1) is 13.2 Å². The zero-order chi connectivity index (χ0) is 14.1. The summed E-state index contributed by atoms with van der Waals surface area (Å²) in [6.07, 6.45) is 1.94. The van der Waals surface area contributed by atoms with Crippen LogP contribution in [0.2, 0.25) is 0 Å². The van der Waals surface area contributed by atoms with E-state index >= 15 is 0 Å². The minimum atomic E-state index is -0.0566. The summed E-state index contributed by atoms with van der Waals surface area (Å²) in [6, 6.07) is 1.83. The van der Waals surface area contributed by atoms with Crippen molar-refractivity contribution in [3.63, 3.8) is 0 Å². The zero-order valence-corrected chi connectivity index (χ0v) is 12.0. The summed E-state index contributed by atoms with van der Waals surface area (Å²) in [6.45, 7) is 3.35. The highest BCUT2D eigenvalue weighted by Gasteiger charge is 2.18. The van der Waals surface area contributed by atoms with Gasteiger partial charge in [-0.2, -0.15) is 0 Å². The molecule has 0 bridgehead atoms. The van der Waals surface area contributed by atoms with Gasteiger partial charge >= 0.3 is 0 Å².